The molecule has 0 unspecified atom stereocenters. The van der Waals surface area contributed by atoms with Crippen molar-refractivity contribution in [2.75, 3.05) is 31.3 Å². The summed E-state index contributed by atoms with van der Waals surface area (Å²) in [6.45, 7) is 20.1. The minimum atomic E-state index is -0.989. The highest BCUT2D eigenvalue weighted by Crippen LogP contribution is 2.48. The molecule has 138 heavy (non-hydrogen) atoms. The molecular formula is C126H136N6O6. The van der Waals surface area contributed by atoms with Crippen molar-refractivity contribution in [1.82, 2.24) is 24.9 Å². The Kier molecular flexibility index (Phi) is 34.4. The van der Waals surface area contributed by atoms with Crippen molar-refractivity contribution in [3.05, 3.63) is 310 Å². The standard InChI is InChI=1S/C126H136N6O6/c1-9-13-17-21-23-25-27-29-31-41-81-135-115-51-43-45-90(7)119(115)121-109-75-73-107(127-109)104(72-64-97-63-71-101(93-55-57-98(58-56-93)126(133)134)106-87-105(92-47-35-33-36-48-92)123(131-124(97)106)96-49-37-34-38-50-96)108-74-76-110(128-108)122(120-91(8)46-44-52-116(120)136-82-42-32-30-28-26-24-22-18-14-10-2)112-78-80-114(130-112)125(113-79-77-111(121)129-113)132(99-65-59-94(60-66-99)102-69-53-88(5)85-117(102)137-83-39-19-15-11-3)100-67-61-95(62-68-100)103-70-54-89(6)86-118(103)138-84-40-20-16-12-4/h33-38,43-63,65-71,73-80,85-87,127,130H,9-32,39-42,81-84H2,1-8H3,(H,133,134). The summed E-state index contributed by atoms with van der Waals surface area (Å²) in [4.78, 5) is 40.8. The predicted molar refractivity (Wildman–Crippen MR) is 579 cm³/mol. The Balaban J connectivity index is 0.944. The van der Waals surface area contributed by atoms with Gasteiger partial charge in [0.05, 0.1) is 93.8 Å². The van der Waals surface area contributed by atoms with Crippen molar-refractivity contribution < 1.29 is 28.8 Å². The fourth-order valence-electron chi connectivity index (χ4n) is 19.4. The number of hydrogen-bond donors (Lipinski definition) is 3. The number of aromatic nitrogens is 5. The first-order chi connectivity index (χ1) is 67.8. The third-order valence-electron chi connectivity index (χ3n) is 27.0. The molecule has 0 fully saturated rings. The van der Waals surface area contributed by atoms with Crippen LogP contribution in [-0.2, 0) is 0 Å². The van der Waals surface area contributed by atoms with Gasteiger partial charge >= 0.3 is 5.97 Å². The van der Waals surface area contributed by atoms with Crippen molar-refractivity contribution >= 4 is 80.3 Å². The highest BCUT2D eigenvalue weighted by Gasteiger charge is 2.28. The van der Waals surface area contributed by atoms with Crippen LogP contribution in [0.2, 0.25) is 0 Å². The van der Waals surface area contributed by atoms with Crippen molar-refractivity contribution in [2.45, 2.75) is 235 Å². The number of pyridine rings is 1. The fraction of sp³-hybridized carbons (Fsp3) is 0.317. The van der Waals surface area contributed by atoms with E-state index < -0.39 is 5.97 Å². The van der Waals surface area contributed by atoms with Crippen LogP contribution in [0.4, 0.5) is 17.1 Å². The number of aromatic carboxylic acids is 1. The van der Waals surface area contributed by atoms with Crippen LogP contribution in [0.25, 0.3) is 135 Å². The number of ether oxygens (including phenoxy) is 4. The highest BCUT2D eigenvalue weighted by molar-refractivity contribution is 6.05. The normalized spacial score (nSPS) is 11.6. The number of anilines is 3. The monoisotopic (exact) mass is 1830 g/mol. The molecule has 0 radical (unpaired) electrons. The summed E-state index contributed by atoms with van der Waals surface area (Å²) in [5, 5.41) is 11.0. The summed E-state index contributed by atoms with van der Waals surface area (Å²) in [7, 11) is 0. The van der Waals surface area contributed by atoms with Crippen LogP contribution in [0.1, 0.15) is 274 Å². The van der Waals surface area contributed by atoms with Crippen molar-refractivity contribution in [2.24, 2.45) is 0 Å². The van der Waals surface area contributed by atoms with E-state index in [9.17, 15) is 9.90 Å². The maximum Gasteiger partial charge on any atom is 0.335 e. The number of carboxylic acids is 1. The summed E-state index contributed by atoms with van der Waals surface area (Å²) in [6, 6.07) is 86.9. The largest absolute Gasteiger partial charge is 0.493 e. The second-order valence-corrected chi connectivity index (χ2v) is 37.5. The van der Waals surface area contributed by atoms with Gasteiger partial charge in [0.15, 0.2) is 0 Å². The maximum atomic E-state index is 12.4. The van der Waals surface area contributed by atoms with Crippen molar-refractivity contribution in [1.29, 1.82) is 0 Å². The summed E-state index contributed by atoms with van der Waals surface area (Å²) >= 11 is 0. The topological polar surface area (TPSA) is 148 Å². The van der Waals surface area contributed by atoms with Crippen LogP contribution in [0.15, 0.2) is 249 Å². The van der Waals surface area contributed by atoms with E-state index in [1.165, 1.54) is 116 Å². The predicted octanol–water partition coefficient (Wildman–Crippen LogP) is 35.2. The Morgan fingerprint density at radius 3 is 1.20 bits per heavy atom. The van der Waals surface area contributed by atoms with Gasteiger partial charge < -0.3 is 38.9 Å². The minimum absolute atomic E-state index is 0.204. The Bertz CT molecular complexity index is 6610. The van der Waals surface area contributed by atoms with Gasteiger partial charge in [0.2, 0.25) is 0 Å². The molecule has 0 aliphatic carbocycles. The number of H-pyrrole nitrogens is 2. The molecule has 0 atom stereocenters. The Hall–Kier alpha value is -13.8. The molecule has 16 rings (SSSR count). The maximum absolute atomic E-state index is 12.4. The van der Waals surface area contributed by atoms with E-state index in [0.29, 0.717) is 48.8 Å². The number of carbonyl (C=O) groups is 1. The van der Waals surface area contributed by atoms with Crippen LogP contribution in [0, 0.1) is 39.5 Å². The fourth-order valence-corrected chi connectivity index (χ4v) is 19.4. The number of benzene rings is 10. The number of rotatable bonds is 47. The molecule has 6 heterocycles. The van der Waals surface area contributed by atoms with Crippen LogP contribution in [0.5, 0.6) is 23.0 Å². The first-order valence-electron chi connectivity index (χ1n) is 51.4. The second-order valence-electron chi connectivity index (χ2n) is 37.5. The first kappa shape index (κ1) is 97.3. The van der Waals surface area contributed by atoms with E-state index in [0.717, 1.165) is 249 Å². The van der Waals surface area contributed by atoms with Gasteiger partial charge in [0, 0.05) is 72.3 Å². The zero-order valence-electron chi connectivity index (χ0n) is 82.4. The van der Waals surface area contributed by atoms with Crippen LogP contribution in [0.3, 0.4) is 0 Å². The van der Waals surface area contributed by atoms with Gasteiger partial charge in [-0.15, -0.1) is 0 Å². The lowest BCUT2D eigenvalue weighted by atomic mass is 9.92. The molecular weight excluding hydrogens is 1690 g/mol. The average Bonchev–Trinajstić information content (AvgIpc) is 1.49. The number of aryl methyl sites for hydroxylation is 4. The summed E-state index contributed by atoms with van der Waals surface area (Å²) in [5.41, 5.74) is 28.4. The smallest absolute Gasteiger partial charge is 0.335 e. The lowest BCUT2D eigenvalue weighted by molar-refractivity contribution is 0.0696. The average molecular weight is 1830 g/mol. The number of nitrogens with zero attached hydrogens (tertiary/aromatic N) is 4. The van der Waals surface area contributed by atoms with Crippen LogP contribution in [-0.4, -0.2) is 62.4 Å². The zero-order chi connectivity index (χ0) is 95.3. The molecule has 0 amide bonds. The Labute approximate surface area is 818 Å². The zero-order valence-corrected chi connectivity index (χ0v) is 82.4. The molecule has 4 aromatic heterocycles. The quantitative estimate of drug-likeness (QED) is 0.0249. The van der Waals surface area contributed by atoms with E-state index in [1.807, 2.05) is 24.3 Å². The summed E-state index contributed by atoms with van der Waals surface area (Å²) in [6.07, 6.45) is 41.9. The van der Waals surface area contributed by atoms with Gasteiger partial charge in [0.25, 0.3) is 0 Å². The third kappa shape index (κ3) is 24.2. The number of aromatic amines is 2. The first-order valence-corrected chi connectivity index (χ1v) is 51.4. The SMILES string of the molecule is CCCCCCCCCCCCOc1cccc(C)c1-c1c2nc(c(N(c3ccc(-c4ccc(C)cc4OCCCCCC)cc3)c3ccc(-c4ccc(C)cc4OCCCCCC)cc3)c3ccc([nH]3)c(-c3c(C)cccc3OCCCCCCCCCCCC)c3nc(c(C#Cc4ccc(-c5ccc(C(=O)O)cc5)c5cc(-c6ccccc6)c(-c6ccccc6)nc45)c4ccc1[nH]4)C=C3)C=C2. The number of unbranched alkanes of at least 4 members (excludes halogenated alkanes) is 24. The molecule has 14 aromatic rings. The molecule has 3 N–H and O–H groups in total. The molecule has 0 spiro atoms. The van der Waals surface area contributed by atoms with Gasteiger partial charge in [-0.3, -0.25) is 0 Å². The highest BCUT2D eigenvalue weighted by atomic mass is 16.5. The second kappa shape index (κ2) is 48.8. The van der Waals surface area contributed by atoms with Gasteiger partial charge in [-0.2, -0.15) is 0 Å². The number of nitrogens with one attached hydrogen (secondary N) is 2. The van der Waals surface area contributed by atoms with Crippen molar-refractivity contribution in [3.63, 3.8) is 0 Å². The third-order valence-corrected chi connectivity index (χ3v) is 27.0. The summed E-state index contributed by atoms with van der Waals surface area (Å²) < 4.78 is 27.8. The molecule has 2 aliphatic rings. The molecule has 12 nitrogen and oxygen atoms in total. The van der Waals surface area contributed by atoms with Crippen LogP contribution < -0.4 is 23.8 Å². The van der Waals surface area contributed by atoms with E-state index in [1.54, 1.807) is 12.1 Å². The molecule has 706 valence electrons. The van der Waals surface area contributed by atoms with Gasteiger partial charge in [0.1, 0.15) is 23.0 Å². The molecule has 2 aliphatic heterocycles. The number of carboxylic acid groups (broad SMARTS) is 1. The van der Waals surface area contributed by atoms with E-state index in [4.69, 9.17) is 33.9 Å². The van der Waals surface area contributed by atoms with Crippen molar-refractivity contribution in [3.8, 4) is 113 Å². The lowest BCUT2D eigenvalue weighted by Gasteiger charge is -2.27. The Morgan fingerprint density at radius 2 is 0.717 bits per heavy atom. The Morgan fingerprint density at radius 1 is 0.326 bits per heavy atom. The summed E-state index contributed by atoms with van der Waals surface area (Å²) in [5.74, 6) is 9.98. The number of hydrogen-bond acceptors (Lipinski definition) is 9. The van der Waals surface area contributed by atoms with E-state index in [2.05, 4.69) is 319 Å². The van der Waals surface area contributed by atoms with Gasteiger partial charge in [-0.1, -0.05) is 345 Å². The molecule has 0 saturated carbocycles. The molecule has 0 saturated heterocycles. The van der Waals surface area contributed by atoms with Crippen LogP contribution >= 0.6 is 0 Å². The number of fused-ring (bicyclic) bond motifs is 9. The molecule has 12 heteroatoms. The minimum Gasteiger partial charge on any atom is -0.493 e. The van der Waals surface area contributed by atoms with Gasteiger partial charge in [-0.25, -0.2) is 19.7 Å². The lowest BCUT2D eigenvalue weighted by Crippen LogP contribution is -2.12. The molecule has 10 aromatic carbocycles. The molecule has 8 bridgehead atoms. The van der Waals surface area contributed by atoms with Gasteiger partial charge in [-0.05, 0) is 225 Å². The van der Waals surface area contributed by atoms with E-state index >= 15 is 0 Å². The van der Waals surface area contributed by atoms with E-state index in [-0.39, 0.29) is 5.56 Å².